The second-order valence-electron chi connectivity index (χ2n) is 3.52. The molecule has 0 heterocycles. The van der Waals surface area contributed by atoms with Crippen molar-refractivity contribution in [1.82, 2.24) is 9.80 Å². The summed E-state index contributed by atoms with van der Waals surface area (Å²) in [6.07, 6.45) is 2.39. The summed E-state index contributed by atoms with van der Waals surface area (Å²) >= 11 is 0. The number of carbonyl (C=O) groups excluding carboxylic acids is 2. The Morgan fingerprint density at radius 1 is 1.29 bits per heavy atom. The van der Waals surface area contributed by atoms with E-state index in [0.717, 1.165) is 19.3 Å². The van der Waals surface area contributed by atoms with Crippen molar-refractivity contribution in [2.45, 2.75) is 19.8 Å². The summed E-state index contributed by atoms with van der Waals surface area (Å²) in [7, 11) is 3.48. The van der Waals surface area contributed by atoms with E-state index in [1.807, 2.05) is 4.90 Å². The van der Waals surface area contributed by atoms with E-state index in [9.17, 15) is 9.59 Å². The average Bonchev–Trinajstić information content (AvgIpc) is 2.14. The van der Waals surface area contributed by atoms with Crippen LogP contribution in [0.15, 0.2) is 0 Å². The molecule has 0 radical (unpaired) electrons. The van der Waals surface area contributed by atoms with Gasteiger partial charge in [0.15, 0.2) is 0 Å². The largest absolute Gasteiger partial charge is 0.348 e. The van der Waals surface area contributed by atoms with Gasteiger partial charge in [0.05, 0.1) is 6.54 Å². The molecule has 0 aliphatic heterocycles. The molecule has 0 unspecified atom stereocenters. The average molecular weight is 200 g/mol. The van der Waals surface area contributed by atoms with Gasteiger partial charge >= 0.3 is 0 Å². The zero-order valence-electron chi connectivity index (χ0n) is 9.32. The third-order valence-corrected chi connectivity index (χ3v) is 1.96. The van der Waals surface area contributed by atoms with Crippen LogP contribution in [0.2, 0.25) is 0 Å². The first-order valence-electron chi connectivity index (χ1n) is 4.98. The van der Waals surface area contributed by atoms with E-state index in [-0.39, 0.29) is 5.91 Å². The van der Waals surface area contributed by atoms with Gasteiger partial charge in [-0.3, -0.25) is 9.69 Å². The van der Waals surface area contributed by atoms with Gasteiger partial charge in [-0.1, -0.05) is 6.92 Å². The zero-order chi connectivity index (χ0) is 11.0. The summed E-state index contributed by atoms with van der Waals surface area (Å²) in [6, 6.07) is 0. The highest BCUT2D eigenvalue weighted by Gasteiger charge is 2.10. The highest BCUT2D eigenvalue weighted by molar-refractivity contribution is 5.77. The molecular weight excluding hydrogens is 180 g/mol. The van der Waals surface area contributed by atoms with Gasteiger partial charge in [0.25, 0.3) is 0 Å². The Labute approximate surface area is 85.9 Å². The molecular formula is C10H20N2O2. The van der Waals surface area contributed by atoms with E-state index in [1.54, 1.807) is 19.0 Å². The fraction of sp³-hybridized carbons (Fsp3) is 0.800. The maximum absolute atomic E-state index is 11.4. The predicted molar refractivity (Wildman–Crippen MR) is 56.1 cm³/mol. The van der Waals surface area contributed by atoms with Crippen LogP contribution in [0, 0.1) is 0 Å². The molecule has 0 aliphatic carbocycles. The Balaban J connectivity index is 3.94. The lowest BCUT2D eigenvalue weighted by atomic mass is 10.3. The predicted octanol–water partition coefficient (Wildman–Crippen LogP) is 0.376. The summed E-state index contributed by atoms with van der Waals surface area (Å²) in [5.41, 5.74) is 0. The van der Waals surface area contributed by atoms with Crippen molar-refractivity contribution in [2.24, 2.45) is 0 Å². The van der Waals surface area contributed by atoms with E-state index >= 15 is 0 Å². The number of amides is 1. The fourth-order valence-corrected chi connectivity index (χ4v) is 1.15. The highest BCUT2D eigenvalue weighted by Crippen LogP contribution is 1.94. The summed E-state index contributed by atoms with van der Waals surface area (Å²) in [6.45, 7) is 4.02. The van der Waals surface area contributed by atoms with Crippen LogP contribution in [0.3, 0.4) is 0 Å². The first kappa shape index (κ1) is 13.1. The second-order valence-corrected chi connectivity index (χ2v) is 3.52. The third-order valence-electron chi connectivity index (χ3n) is 1.96. The maximum Gasteiger partial charge on any atom is 0.236 e. The van der Waals surface area contributed by atoms with Crippen LogP contribution < -0.4 is 0 Å². The van der Waals surface area contributed by atoms with Crippen molar-refractivity contribution in [3.8, 4) is 0 Å². The molecule has 0 N–H and O–H groups in total. The van der Waals surface area contributed by atoms with Crippen molar-refractivity contribution in [3.63, 3.8) is 0 Å². The van der Waals surface area contributed by atoms with E-state index in [0.29, 0.717) is 19.5 Å². The number of likely N-dealkylation sites (N-methyl/N-ethyl adjacent to an activating group) is 1. The standard InChI is InChI=1S/C10H20N2O2/c1-4-6-12(7-5-8-13)9-10(14)11(2)3/h8H,4-7,9H2,1-3H3. The number of hydrogen-bond acceptors (Lipinski definition) is 3. The van der Waals surface area contributed by atoms with E-state index in [1.165, 1.54) is 0 Å². The van der Waals surface area contributed by atoms with Crippen LogP contribution in [0.4, 0.5) is 0 Å². The van der Waals surface area contributed by atoms with Gasteiger partial charge in [-0.05, 0) is 13.0 Å². The topological polar surface area (TPSA) is 40.6 Å². The molecule has 0 aromatic carbocycles. The molecule has 0 fully saturated rings. The molecule has 0 spiro atoms. The van der Waals surface area contributed by atoms with Crippen LogP contribution in [0.5, 0.6) is 0 Å². The third kappa shape index (κ3) is 5.70. The SMILES string of the molecule is CCCN(CCC=O)CC(=O)N(C)C. The molecule has 0 bridgehead atoms. The Morgan fingerprint density at radius 3 is 2.36 bits per heavy atom. The van der Waals surface area contributed by atoms with Crippen LogP contribution in [0.25, 0.3) is 0 Å². The Hall–Kier alpha value is -0.900. The molecule has 0 aromatic heterocycles. The van der Waals surface area contributed by atoms with Gasteiger partial charge in [0.2, 0.25) is 5.91 Å². The molecule has 0 atom stereocenters. The molecule has 82 valence electrons. The molecule has 4 heteroatoms. The fourth-order valence-electron chi connectivity index (χ4n) is 1.15. The lowest BCUT2D eigenvalue weighted by molar-refractivity contribution is -0.130. The highest BCUT2D eigenvalue weighted by atomic mass is 16.2. The van der Waals surface area contributed by atoms with Crippen LogP contribution in [-0.4, -0.2) is 55.7 Å². The minimum atomic E-state index is 0.0874. The van der Waals surface area contributed by atoms with Gasteiger partial charge < -0.3 is 9.69 Å². The van der Waals surface area contributed by atoms with Gasteiger partial charge in [-0.15, -0.1) is 0 Å². The van der Waals surface area contributed by atoms with Gasteiger partial charge in [0.1, 0.15) is 6.29 Å². The van der Waals surface area contributed by atoms with Crippen LogP contribution >= 0.6 is 0 Å². The van der Waals surface area contributed by atoms with Crippen molar-refractivity contribution in [2.75, 3.05) is 33.7 Å². The Bertz CT molecular complexity index is 181. The summed E-state index contributed by atoms with van der Waals surface area (Å²) in [4.78, 5) is 25.2. The van der Waals surface area contributed by atoms with Crippen molar-refractivity contribution in [1.29, 1.82) is 0 Å². The minimum absolute atomic E-state index is 0.0874. The summed E-state index contributed by atoms with van der Waals surface area (Å²) in [5, 5.41) is 0. The summed E-state index contributed by atoms with van der Waals surface area (Å²) in [5.74, 6) is 0.0874. The quantitative estimate of drug-likeness (QED) is 0.558. The Morgan fingerprint density at radius 2 is 1.93 bits per heavy atom. The summed E-state index contributed by atoms with van der Waals surface area (Å²) < 4.78 is 0. The Kier molecular flexibility index (Phi) is 7.02. The molecule has 4 nitrogen and oxygen atoms in total. The second kappa shape index (κ2) is 7.50. The molecule has 0 aromatic rings. The number of rotatable bonds is 7. The first-order valence-corrected chi connectivity index (χ1v) is 4.98. The van der Waals surface area contributed by atoms with Crippen LogP contribution in [0.1, 0.15) is 19.8 Å². The first-order chi connectivity index (χ1) is 6.61. The lowest BCUT2D eigenvalue weighted by Crippen LogP contribution is -2.37. The van der Waals surface area contributed by atoms with Crippen molar-refractivity contribution < 1.29 is 9.59 Å². The van der Waals surface area contributed by atoms with Gasteiger partial charge in [-0.25, -0.2) is 0 Å². The molecule has 14 heavy (non-hydrogen) atoms. The zero-order valence-corrected chi connectivity index (χ0v) is 9.32. The number of hydrogen-bond donors (Lipinski definition) is 0. The van der Waals surface area contributed by atoms with Gasteiger partial charge in [-0.2, -0.15) is 0 Å². The number of nitrogens with zero attached hydrogens (tertiary/aromatic N) is 2. The minimum Gasteiger partial charge on any atom is -0.348 e. The number of aldehydes is 1. The normalized spacial score (nSPS) is 10.3. The van der Waals surface area contributed by atoms with Crippen molar-refractivity contribution >= 4 is 12.2 Å². The van der Waals surface area contributed by atoms with E-state index in [4.69, 9.17) is 0 Å². The molecule has 0 saturated heterocycles. The monoisotopic (exact) mass is 200 g/mol. The van der Waals surface area contributed by atoms with E-state index < -0.39 is 0 Å². The van der Waals surface area contributed by atoms with Crippen LogP contribution in [-0.2, 0) is 9.59 Å². The van der Waals surface area contributed by atoms with E-state index in [2.05, 4.69) is 6.92 Å². The van der Waals surface area contributed by atoms with Crippen molar-refractivity contribution in [3.05, 3.63) is 0 Å². The number of carbonyl (C=O) groups is 2. The molecule has 0 saturated carbocycles. The smallest absolute Gasteiger partial charge is 0.236 e. The van der Waals surface area contributed by atoms with Gasteiger partial charge in [0, 0.05) is 27.1 Å². The molecule has 0 rings (SSSR count). The lowest BCUT2D eigenvalue weighted by Gasteiger charge is -2.21. The maximum atomic E-state index is 11.4. The molecule has 1 amide bonds. The molecule has 0 aliphatic rings.